The highest BCUT2D eigenvalue weighted by atomic mass is 35.5. The lowest BCUT2D eigenvalue weighted by Crippen LogP contribution is -2.56. The molecule has 1 aliphatic heterocycles. The van der Waals surface area contributed by atoms with Gasteiger partial charge < -0.3 is 14.8 Å². The van der Waals surface area contributed by atoms with Gasteiger partial charge in [-0.1, -0.05) is 11.6 Å². The van der Waals surface area contributed by atoms with Crippen LogP contribution in [-0.2, 0) is 4.79 Å². The predicted molar refractivity (Wildman–Crippen MR) is 85.6 cm³/mol. The number of carbonyl (C=O) groups excluding carboxylic acids is 1. The molecule has 0 radical (unpaired) electrons. The van der Waals surface area contributed by atoms with Crippen molar-refractivity contribution in [1.82, 2.24) is 5.32 Å². The van der Waals surface area contributed by atoms with Crippen molar-refractivity contribution in [3.63, 3.8) is 0 Å². The molecule has 0 atom stereocenters. The van der Waals surface area contributed by atoms with Gasteiger partial charge in [-0.3, -0.25) is 4.79 Å². The fourth-order valence-corrected chi connectivity index (χ4v) is 3.89. The fraction of sp³-hybridized carbons (Fsp3) is 0.333. The quantitative estimate of drug-likeness (QED) is 0.897. The van der Waals surface area contributed by atoms with Gasteiger partial charge in [-0.2, -0.15) is 11.8 Å². The van der Waals surface area contributed by atoms with Crippen molar-refractivity contribution < 1.29 is 19.1 Å². The molecule has 7 heteroatoms. The van der Waals surface area contributed by atoms with Crippen LogP contribution in [0.15, 0.2) is 28.7 Å². The van der Waals surface area contributed by atoms with Crippen LogP contribution >= 0.6 is 23.4 Å². The van der Waals surface area contributed by atoms with Gasteiger partial charge >= 0.3 is 5.97 Å². The Kier molecular flexibility index (Phi) is 4.06. The largest absolute Gasteiger partial charge is 0.480 e. The van der Waals surface area contributed by atoms with E-state index in [-0.39, 0.29) is 5.76 Å². The highest BCUT2D eigenvalue weighted by Gasteiger charge is 2.41. The minimum absolute atomic E-state index is 0.0936. The molecule has 2 heterocycles. The lowest BCUT2D eigenvalue weighted by Gasteiger charge is -2.33. The first kappa shape index (κ1) is 15.2. The average molecular weight is 340 g/mol. The molecule has 1 aromatic carbocycles. The number of thioether (sulfide) groups is 1. The van der Waals surface area contributed by atoms with Crippen molar-refractivity contribution >= 4 is 46.2 Å². The zero-order chi connectivity index (χ0) is 15.7. The first-order valence-electron chi connectivity index (χ1n) is 6.83. The van der Waals surface area contributed by atoms with Crippen molar-refractivity contribution in [2.24, 2.45) is 0 Å². The molecular formula is C15H14ClNO4S. The summed E-state index contributed by atoms with van der Waals surface area (Å²) in [5, 5.41) is 13.4. The Hall–Kier alpha value is -1.66. The number of hydrogen-bond acceptors (Lipinski definition) is 4. The summed E-state index contributed by atoms with van der Waals surface area (Å²) in [6.45, 7) is 0. The average Bonchev–Trinajstić information content (AvgIpc) is 2.91. The van der Waals surface area contributed by atoms with Crippen LogP contribution < -0.4 is 5.32 Å². The molecule has 5 nitrogen and oxygen atoms in total. The van der Waals surface area contributed by atoms with Crippen LogP contribution in [0.2, 0.25) is 5.02 Å². The second-order valence-electron chi connectivity index (χ2n) is 5.25. The first-order chi connectivity index (χ1) is 10.5. The minimum Gasteiger partial charge on any atom is -0.480 e. The van der Waals surface area contributed by atoms with E-state index in [0.717, 1.165) is 0 Å². The predicted octanol–water partition coefficient (Wildman–Crippen LogP) is 3.17. The number of aliphatic carboxylic acids is 1. The molecule has 3 rings (SSSR count). The van der Waals surface area contributed by atoms with Gasteiger partial charge in [0.25, 0.3) is 5.91 Å². The van der Waals surface area contributed by atoms with Crippen LogP contribution in [0, 0.1) is 0 Å². The summed E-state index contributed by atoms with van der Waals surface area (Å²) in [7, 11) is 0. The molecule has 116 valence electrons. The highest BCUT2D eigenvalue weighted by molar-refractivity contribution is 7.99. The monoisotopic (exact) mass is 339 g/mol. The van der Waals surface area contributed by atoms with Gasteiger partial charge in [0.2, 0.25) is 0 Å². The summed E-state index contributed by atoms with van der Waals surface area (Å²) in [5.41, 5.74) is -0.669. The zero-order valence-corrected chi connectivity index (χ0v) is 13.2. The third-order valence-corrected chi connectivity index (χ3v) is 5.03. The van der Waals surface area contributed by atoms with Crippen molar-refractivity contribution in [2.45, 2.75) is 18.4 Å². The van der Waals surface area contributed by atoms with E-state index in [1.807, 2.05) is 0 Å². The Morgan fingerprint density at radius 1 is 1.27 bits per heavy atom. The van der Waals surface area contributed by atoms with E-state index in [2.05, 4.69) is 5.32 Å². The summed E-state index contributed by atoms with van der Waals surface area (Å²) in [4.78, 5) is 24.0. The summed E-state index contributed by atoms with van der Waals surface area (Å²) in [6.07, 6.45) is 0.815. The van der Waals surface area contributed by atoms with E-state index in [1.165, 1.54) is 0 Å². The van der Waals surface area contributed by atoms with Crippen molar-refractivity contribution in [1.29, 1.82) is 0 Å². The van der Waals surface area contributed by atoms with Gasteiger partial charge in [0.15, 0.2) is 5.76 Å². The number of fused-ring (bicyclic) bond motifs is 1. The van der Waals surface area contributed by atoms with Crippen molar-refractivity contribution in [2.75, 3.05) is 11.5 Å². The van der Waals surface area contributed by atoms with Gasteiger partial charge in [0.1, 0.15) is 11.1 Å². The lowest BCUT2D eigenvalue weighted by molar-refractivity contribution is -0.144. The van der Waals surface area contributed by atoms with Gasteiger partial charge in [0.05, 0.1) is 0 Å². The number of furan rings is 1. The van der Waals surface area contributed by atoms with Crippen LogP contribution in [0.4, 0.5) is 0 Å². The molecule has 0 spiro atoms. The molecule has 2 aromatic rings. The summed E-state index contributed by atoms with van der Waals surface area (Å²) < 4.78 is 5.48. The summed E-state index contributed by atoms with van der Waals surface area (Å²) in [5.74, 6) is 0.00279. The number of carboxylic acid groups (broad SMARTS) is 1. The van der Waals surface area contributed by atoms with Gasteiger partial charge in [-0.05, 0) is 48.6 Å². The maximum atomic E-state index is 12.4. The number of rotatable bonds is 3. The third kappa shape index (κ3) is 2.80. The summed E-state index contributed by atoms with van der Waals surface area (Å²) in [6, 6.07) is 6.62. The maximum Gasteiger partial charge on any atom is 0.329 e. The van der Waals surface area contributed by atoms with Crippen LogP contribution in [0.25, 0.3) is 11.0 Å². The number of carbonyl (C=O) groups is 2. The van der Waals surface area contributed by atoms with E-state index in [1.54, 1.807) is 36.0 Å². The second-order valence-corrected chi connectivity index (χ2v) is 6.91. The smallest absolute Gasteiger partial charge is 0.329 e. The number of halogens is 1. The minimum atomic E-state index is -1.21. The van der Waals surface area contributed by atoms with Gasteiger partial charge in [0, 0.05) is 10.4 Å². The van der Waals surface area contributed by atoms with E-state index in [0.29, 0.717) is 40.3 Å². The topological polar surface area (TPSA) is 79.5 Å². The highest BCUT2D eigenvalue weighted by Crippen LogP contribution is 2.29. The summed E-state index contributed by atoms with van der Waals surface area (Å²) >= 11 is 7.59. The number of benzene rings is 1. The lowest BCUT2D eigenvalue weighted by atomic mass is 9.92. The Morgan fingerprint density at radius 3 is 2.68 bits per heavy atom. The molecule has 0 saturated carbocycles. The Bertz CT molecular complexity index is 736. The molecule has 0 bridgehead atoms. The molecule has 0 unspecified atom stereocenters. The fourth-order valence-electron chi connectivity index (χ4n) is 2.52. The molecule has 1 aromatic heterocycles. The maximum absolute atomic E-state index is 12.4. The second kappa shape index (κ2) is 5.85. The normalized spacial score (nSPS) is 17.3. The number of nitrogens with one attached hydrogen (secondary N) is 1. The molecular weight excluding hydrogens is 326 g/mol. The van der Waals surface area contributed by atoms with E-state index in [4.69, 9.17) is 16.0 Å². The van der Waals surface area contributed by atoms with E-state index in [9.17, 15) is 14.7 Å². The van der Waals surface area contributed by atoms with Crippen LogP contribution in [-0.4, -0.2) is 34.0 Å². The Balaban J connectivity index is 1.86. The zero-order valence-electron chi connectivity index (χ0n) is 11.6. The standard InChI is InChI=1S/C15H14ClNO4S/c16-10-1-2-11-9(7-10)8-12(21-11)13(18)17-15(14(19)20)3-5-22-6-4-15/h1-2,7-8H,3-6H2,(H,17,18)(H,19,20). The molecule has 1 aliphatic rings. The molecule has 2 N–H and O–H groups in total. The van der Waals surface area contributed by atoms with Crippen molar-refractivity contribution in [3.05, 3.63) is 35.0 Å². The Morgan fingerprint density at radius 2 is 2.00 bits per heavy atom. The third-order valence-electron chi connectivity index (χ3n) is 3.81. The number of carboxylic acids is 1. The first-order valence-corrected chi connectivity index (χ1v) is 8.36. The van der Waals surface area contributed by atoms with Crippen LogP contribution in [0.5, 0.6) is 0 Å². The van der Waals surface area contributed by atoms with Crippen molar-refractivity contribution in [3.8, 4) is 0 Å². The van der Waals surface area contributed by atoms with Crippen LogP contribution in [0.3, 0.4) is 0 Å². The molecule has 0 aliphatic carbocycles. The van der Waals surface area contributed by atoms with E-state index >= 15 is 0 Å². The van der Waals surface area contributed by atoms with Crippen LogP contribution in [0.1, 0.15) is 23.4 Å². The molecule has 1 amide bonds. The molecule has 1 fully saturated rings. The number of amides is 1. The van der Waals surface area contributed by atoms with Gasteiger partial charge in [-0.15, -0.1) is 0 Å². The Labute approximate surface area is 136 Å². The SMILES string of the molecule is O=C(NC1(C(=O)O)CCSCC1)c1cc2cc(Cl)ccc2o1. The van der Waals surface area contributed by atoms with Gasteiger partial charge in [-0.25, -0.2) is 4.79 Å². The van der Waals surface area contributed by atoms with E-state index < -0.39 is 17.4 Å². The number of hydrogen-bond donors (Lipinski definition) is 2. The molecule has 22 heavy (non-hydrogen) atoms. The molecule has 1 saturated heterocycles.